The number of phenols is 1. The molecule has 2 aromatic carbocycles. The minimum Gasteiger partial charge on any atom is -0.507 e. The molecule has 0 unspecified atom stereocenters. The molecular weight excluding hydrogens is 260 g/mol. The molecule has 0 radical (unpaired) electrons. The fourth-order valence-electron chi connectivity index (χ4n) is 1.64. The predicted molar refractivity (Wildman–Crippen MR) is 74.3 cm³/mol. The molecule has 3 rings (SSSR count). The van der Waals surface area contributed by atoms with E-state index in [0.29, 0.717) is 0 Å². The zero-order valence-corrected chi connectivity index (χ0v) is 10.7. The minimum absolute atomic E-state index is 0.279. The predicted octanol–water partition coefficient (Wildman–Crippen LogP) is 3.78. The van der Waals surface area contributed by atoms with Crippen LogP contribution in [0, 0.1) is 11.1 Å². The van der Waals surface area contributed by atoms with Crippen LogP contribution >= 0.6 is 11.3 Å². The third kappa shape index (κ3) is 2.82. The number of aromatic nitrogens is 1. The highest BCUT2D eigenvalue weighted by molar-refractivity contribution is 7.21. The van der Waals surface area contributed by atoms with E-state index >= 15 is 0 Å². The molecule has 19 heavy (non-hydrogen) atoms. The summed E-state index contributed by atoms with van der Waals surface area (Å²) in [6.07, 6.45) is 0. The van der Waals surface area contributed by atoms with Gasteiger partial charge in [0, 0.05) is 0 Å². The van der Waals surface area contributed by atoms with Gasteiger partial charge in [0.1, 0.15) is 21.8 Å². The molecule has 0 aliphatic heterocycles. The summed E-state index contributed by atoms with van der Waals surface area (Å²) in [5, 5.41) is 10.6. The Morgan fingerprint density at radius 3 is 2.32 bits per heavy atom. The molecule has 0 saturated carbocycles. The standard InChI is InChI=1S/C13H9NOS.H2N3/c15-11-7-3-1-5-9(11)13-14-10-6-2-4-8-12(10)16-13;1-3-2/h1-8,15H;1-2H/q;+1. The molecule has 5 nitrogen and oxygen atoms in total. The van der Waals surface area contributed by atoms with Gasteiger partial charge in [0.05, 0.1) is 15.8 Å². The Kier molecular flexibility index (Phi) is 3.97. The first kappa shape index (κ1) is 12.9. The van der Waals surface area contributed by atoms with Gasteiger partial charge in [-0.1, -0.05) is 24.3 Å². The molecule has 0 fully saturated rings. The van der Waals surface area contributed by atoms with Crippen LogP contribution in [0.5, 0.6) is 5.75 Å². The van der Waals surface area contributed by atoms with Crippen molar-refractivity contribution in [3.05, 3.63) is 48.5 Å². The summed E-state index contributed by atoms with van der Waals surface area (Å²) in [6.45, 7) is 0. The first-order valence-electron chi connectivity index (χ1n) is 5.43. The number of hydrogen-bond donors (Lipinski definition) is 3. The van der Waals surface area contributed by atoms with E-state index in [9.17, 15) is 5.11 Å². The van der Waals surface area contributed by atoms with Crippen molar-refractivity contribution in [1.29, 1.82) is 11.1 Å². The second-order valence-electron chi connectivity index (χ2n) is 3.62. The van der Waals surface area contributed by atoms with E-state index in [1.165, 1.54) is 0 Å². The fraction of sp³-hybridized carbons (Fsp3) is 0. The second-order valence-corrected chi connectivity index (χ2v) is 4.65. The van der Waals surface area contributed by atoms with E-state index in [2.05, 4.69) is 4.98 Å². The van der Waals surface area contributed by atoms with Crippen LogP contribution in [-0.4, -0.2) is 10.1 Å². The van der Waals surface area contributed by atoms with Crippen molar-refractivity contribution in [1.82, 2.24) is 9.90 Å². The van der Waals surface area contributed by atoms with Crippen molar-refractivity contribution < 1.29 is 5.11 Å². The quantitative estimate of drug-likeness (QED) is 0.464. The summed E-state index contributed by atoms with van der Waals surface area (Å²) in [4.78, 5) is 6.50. The van der Waals surface area contributed by atoms with Crippen molar-refractivity contribution in [2.45, 2.75) is 0 Å². The van der Waals surface area contributed by atoms with E-state index in [0.717, 1.165) is 20.8 Å². The van der Waals surface area contributed by atoms with E-state index in [1.54, 1.807) is 17.4 Å². The van der Waals surface area contributed by atoms with Gasteiger partial charge < -0.3 is 5.11 Å². The van der Waals surface area contributed by atoms with Crippen molar-refractivity contribution in [2.24, 2.45) is 0 Å². The molecule has 0 atom stereocenters. The first-order valence-corrected chi connectivity index (χ1v) is 6.25. The lowest BCUT2D eigenvalue weighted by Crippen LogP contribution is -1.76. The molecule has 6 heteroatoms. The molecule has 1 heterocycles. The summed E-state index contributed by atoms with van der Waals surface area (Å²) in [6, 6.07) is 15.3. The average Bonchev–Trinajstić information content (AvgIpc) is 2.83. The number of nitrogens with one attached hydrogen (secondary N) is 2. The third-order valence-corrected chi connectivity index (χ3v) is 3.50. The Labute approximate surface area is 113 Å². The highest BCUT2D eigenvalue weighted by Gasteiger charge is 2.08. The largest absolute Gasteiger partial charge is 0.507 e. The van der Waals surface area contributed by atoms with Gasteiger partial charge in [0.15, 0.2) is 0 Å². The van der Waals surface area contributed by atoms with Gasteiger partial charge in [-0.25, -0.2) is 4.98 Å². The van der Waals surface area contributed by atoms with Gasteiger partial charge in [0.25, 0.3) is 0 Å². The van der Waals surface area contributed by atoms with E-state index in [4.69, 9.17) is 11.1 Å². The van der Waals surface area contributed by atoms with Crippen molar-refractivity contribution >= 4 is 21.6 Å². The van der Waals surface area contributed by atoms with Gasteiger partial charge in [-0.3, -0.25) is 0 Å². The Hall–Kier alpha value is -2.56. The van der Waals surface area contributed by atoms with E-state index in [1.807, 2.05) is 47.4 Å². The summed E-state index contributed by atoms with van der Waals surface area (Å²) < 4.78 is 1.14. The van der Waals surface area contributed by atoms with Crippen LogP contribution < -0.4 is 4.91 Å². The van der Waals surface area contributed by atoms with Crippen molar-refractivity contribution in [3.63, 3.8) is 0 Å². The molecule has 0 aliphatic carbocycles. The van der Waals surface area contributed by atoms with E-state index in [-0.39, 0.29) is 5.75 Å². The second kappa shape index (κ2) is 5.86. The number of para-hydroxylation sites is 2. The lowest BCUT2D eigenvalue weighted by molar-refractivity contribution is 0.477. The zero-order valence-electron chi connectivity index (χ0n) is 9.87. The van der Waals surface area contributed by atoms with Gasteiger partial charge in [0.2, 0.25) is 4.91 Å². The number of hydrogen-bond acceptors (Lipinski definition) is 5. The number of nitrogens with zero attached hydrogens (tertiary/aromatic N) is 2. The normalized spacial score (nSPS) is 9.47. The number of fused-ring (bicyclic) bond motifs is 1. The van der Waals surface area contributed by atoms with Crippen LogP contribution in [0.25, 0.3) is 20.8 Å². The number of rotatable bonds is 1. The van der Waals surface area contributed by atoms with Crippen molar-refractivity contribution in [2.75, 3.05) is 0 Å². The highest BCUT2D eigenvalue weighted by Crippen LogP contribution is 2.34. The molecule has 3 aromatic rings. The molecular formula is C13H11N4OS+. The van der Waals surface area contributed by atoms with Gasteiger partial charge in [-0.15, -0.1) is 11.3 Å². The van der Waals surface area contributed by atoms with Crippen molar-refractivity contribution in [3.8, 4) is 16.3 Å². The maximum Gasteiger partial charge on any atom is 0.211 e. The third-order valence-electron chi connectivity index (χ3n) is 2.43. The molecule has 0 bridgehead atoms. The van der Waals surface area contributed by atoms with E-state index < -0.39 is 0 Å². The molecule has 0 amide bonds. The molecule has 0 aliphatic rings. The average molecular weight is 271 g/mol. The Morgan fingerprint density at radius 2 is 1.63 bits per heavy atom. The molecule has 0 spiro atoms. The Bertz CT molecular complexity index is 699. The molecule has 3 N–H and O–H groups in total. The van der Waals surface area contributed by atoms with Gasteiger partial charge in [-0.2, -0.15) is 0 Å². The number of aromatic hydroxyl groups is 1. The smallest absolute Gasteiger partial charge is 0.211 e. The molecule has 94 valence electrons. The van der Waals surface area contributed by atoms with Gasteiger partial charge >= 0.3 is 0 Å². The van der Waals surface area contributed by atoms with Crippen LogP contribution in [0.4, 0.5) is 0 Å². The highest BCUT2D eigenvalue weighted by atomic mass is 32.1. The first-order chi connectivity index (χ1) is 9.26. The Balaban J connectivity index is 0.000000408. The number of benzene rings is 2. The Morgan fingerprint density at radius 1 is 1.00 bits per heavy atom. The summed E-state index contributed by atoms with van der Waals surface area (Å²) in [5.74, 6) is 0.279. The van der Waals surface area contributed by atoms with Crippen LogP contribution in [0.3, 0.4) is 0 Å². The zero-order chi connectivity index (χ0) is 13.7. The minimum atomic E-state index is 0.279. The topological polar surface area (TPSA) is 94.9 Å². The molecule has 1 aromatic heterocycles. The molecule has 0 saturated heterocycles. The van der Waals surface area contributed by atoms with Crippen LogP contribution in [0.1, 0.15) is 0 Å². The summed E-state index contributed by atoms with van der Waals surface area (Å²) in [5.41, 5.74) is 12.8. The van der Waals surface area contributed by atoms with Gasteiger partial charge in [-0.05, 0) is 24.3 Å². The lowest BCUT2D eigenvalue weighted by atomic mass is 10.2. The number of phenolic OH excluding ortho intramolecular Hbond substituents is 1. The van der Waals surface area contributed by atoms with Crippen LogP contribution in [0.15, 0.2) is 48.5 Å². The fourth-order valence-corrected chi connectivity index (χ4v) is 2.64. The maximum absolute atomic E-state index is 9.76. The SMILES string of the molecule is N=[N+]=N.Oc1ccccc1-c1nc2ccccc2s1. The van der Waals surface area contributed by atoms with Crippen LogP contribution in [-0.2, 0) is 0 Å². The number of thiazole rings is 1. The van der Waals surface area contributed by atoms with Crippen LogP contribution in [0.2, 0.25) is 0 Å². The summed E-state index contributed by atoms with van der Waals surface area (Å²) >= 11 is 1.59. The maximum atomic E-state index is 9.76. The monoisotopic (exact) mass is 271 g/mol. The lowest BCUT2D eigenvalue weighted by Gasteiger charge is -1.98. The summed E-state index contributed by atoms with van der Waals surface area (Å²) in [7, 11) is 0.